The van der Waals surface area contributed by atoms with Crippen molar-refractivity contribution in [3.8, 4) is 5.75 Å². The summed E-state index contributed by atoms with van der Waals surface area (Å²) < 4.78 is 49.0. The maximum absolute atomic E-state index is 12.7. The Morgan fingerprint density at radius 1 is 1.44 bits per heavy atom. The summed E-state index contributed by atoms with van der Waals surface area (Å²) >= 11 is 0. The van der Waals surface area contributed by atoms with Crippen LogP contribution >= 0.6 is 0 Å². The van der Waals surface area contributed by atoms with Gasteiger partial charge in [0.2, 0.25) is 5.91 Å². The molecule has 134 valence electrons. The molecule has 0 aliphatic carbocycles. The molecule has 7 nitrogen and oxygen atoms in total. The van der Waals surface area contributed by atoms with Gasteiger partial charge in [-0.15, -0.1) is 0 Å². The Bertz CT molecular complexity index is 721. The van der Waals surface area contributed by atoms with Crippen molar-refractivity contribution in [2.75, 3.05) is 13.2 Å². The molecule has 0 radical (unpaired) electrons. The molecule has 1 fully saturated rings. The fourth-order valence-corrected chi connectivity index (χ4v) is 2.44. The average molecular weight is 356 g/mol. The number of amides is 1. The number of aromatic amines is 1. The highest BCUT2D eigenvalue weighted by Gasteiger charge is 2.33. The lowest BCUT2D eigenvalue weighted by molar-refractivity contribution is -0.137. The third kappa shape index (κ3) is 4.47. The third-order valence-electron chi connectivity index (χ3n) is 3.62. The van der Waals surface area contributed by atoms with E-state index in [4.69, 9.17) is 9.47 Å². The minimum atomic E-state index is -4.48. The summed E-state index contributed by atoms with van der Waals surface area (Å²) in [6.45, 7) is 0.544. The molecule has 2 N–H and O–H groups in total. The molecule has 2 aromatic heterocycles. The van der Waals surface area contributed by atoms with Crippen LogP contribution in [0, 0.1) is 0 Å². The van der Waals surface area contributed by atoms with Gasteiger partial charge < -0.3 is 14.8 Å². The Labute approximate surface area is 140 Å². The van der Waals surface area contributed by atoms with Gasteiger partial charge in [-0.3, -0.25) is 14.9 Å². The number of ether oxygens (including phenoxy) is 2. The number of alkyl halides is 3. The lowest BCUT2D eigenvalue weighted by Crippen LogP contribution is -2.45. The van der Waals surface area contributed by atoms with E-state index >= 15 is 0 Å². The zero-order chi connectivity index (χ0) is 17.9. The molecule has 2 aromatic rings. The van der Waals surface area contributed by atoms with Crippen LogP contribution in [0.3, 0.4) is 0 Å². The van der Waals surface area contributed by atoms with E-state index in [0.717, 1.165) is 18.3 Å². The average Bonchev–Trinajstić information content (AvgIpc) is 3.20. The summed E-state index contributed by atoms with van der Waals surface area (Å²) in [6.07, 6.45) is -1.06. The minimum absolute atomic E-state index is 0.0403. The highest BCUT2D eigenvalue weighted by atomic mass is 19.4. The summed E-state index contributed by atoms with van der Waals surface area (Å²) in [4.78, 5) is 15.9. The lowest BCUT2D eigenvalue weighted by Gasteiger charge is -2.19. The number of nitrogens with one attached hydrogen (secondary N) is 2. The van der Waals surface area contributed by atoms with Crippen LogP contribution in [0.25, 0.3) is 0 Å². The molecule has 0 saturated carbocycles. The number of hydrogen-bond acceptors (Lipinski definition) is 5. The van der Waals surface area contributed by atoms with Crippen molar-refractivity contribution in [1.82, 2.24) is 20.5 Å². The molecular formula is C15H15F3N4O3. The number of hydrogen-bond donors (Lipinski definition) is 2. The summed E-state index contributed by atoms with van der Waals surface area (Å²) in [5.41, 5.74) is -0.797. The molecule has 3 rings (SSSR count). The fourth-order valence-electron chi connectivity index (χ4n) is 2.44. The predicted molar refractivity (Wildman–Crippen MR) is 78.7 cm³/mol. The van der Waals surface area contributed by atoms with Crippen LogP contribution < -0.4 is 10.1 Å². The Balaban J connectivity index is 1.58. The fraction of sp³-hybridized carbons (Fsp3) is 0.400. The van der Waals surface area contributed by atoms with Crippen LogP contribution in [0.5, 0.6) is 5.75 Å². The van der Waals surface area contributed by atoms with Gasteiger partial charge in [-0.1, -0.05) is 0 Å². The summed E-state index contributed by atoms with van der Waals surface area (Å²) in [6, 6.07) is 1.32. The van der Waals surface area contributed by atoms with E-state index in [-0.39, 0.29) is 25.3 Å². The van der Waals surface area contributed by atoms with E-state index in [2.05, 4.69) is 20.5 Å². The largest absolute Gasteiger partial charge is 0.482 e. The van der Waals surface area contributed by atoms with Gasteiger partial charge in [-0.25, -0.2) is 0 Å². The van der Waals surface area contributed by atoms with Gasteiger partial charge >= 0.3 is 6.18 Å². The molecular weight excluding hydrogens is 341 g/mol. The van der Waals surface area contributed by atoms with E-state index in [0.29, 0.717) is 5.75 Å². The summed E-state index contributed by atoms with van der Waals surface area (Å²) in [5, 5.41) is 9.07. The molecule has 0 aromatic carbocycles. The van der Waals surface area contributed by atoms with E-state index in [9.17, 15) is 18.0 Å². The third-order valence-corrected chi connectivity index (χ3v) is 3.62. The first-order valence-corrected chi connectivity index (χ1v) is 7.46. The Morgan fingerprint density at radius 2 is 2.28 bits per heavy atom. The first kappa shape index (κ1) is 17.2. The SMILES string of the molecule is O=C(Cc1cc(C(F)(F)F)ccn1)N[C@H]1COC[C@H]1Oc1cn[nH]c1. The second kappa shape index (κ2) is 7.09. The number of carbonyl (C=O) groups excluding carboxylic acids is 1. The van der Waals surface area contributed by atoms with Crippen molar-refractivity contribution >= 4 is 5.91 Å². The molecule has 2 atom stereocenters. The topological polar surface area (TPSA) is 89.1 Å². The molecule has 0 bridgehead atoms. The first-order valence-electron chi connectivity index (χ1n) is 7.46. The van der Waals surface area contributed by atoms with Crippen molar-refractivity contribution < 1.29 is 27.4 Å². The zero-order valence-corrected chi connectivity index (χ0v) is 12.9. The van der Waals surface area contributed by atoms with Crippen molar-refractivity contribution in [3.63, 3.8) is 0 Å². The van der Waals surface area contributed by atoms with E-state index in [1.165, 1.54) is 6.20 Å². The van der Waals surface area contributed by atoms with Crippen molar-refractivity contribution in [3.05, 3.63) is 42.0 Å². The van der Waals surface area contributed by atoms with Gasteiger partial charge in [-0.05, 0) is 12.1 Å². The maximum atomic E-state index is 12.7. The monoisotopic (exact) mass is 356 g/mol. The number of H-pyrrole nitrogens is 1. The van der Waals surface area contributed by atoms with E-state index in [1.807, 2.05) is 0 Å². The molecule has 1 aliphatic rings. The highest BCUT2D eigenvalue weighted by Crippen LogP contribution is 2.29. The quantitative estimate of drug-likeness (QED) is 0.844. The van der Waals surface area contributed by atoms with Gasteiger partial charge in [0.15, 0.2) is 5.75 Å². The molecule has 1 amide bonds. The standard InChI is InChI=1S/C15H15F3N4O3/c16-15(17,18)9-1-2-19-10(3-9)4-14(23)22-12-7-24-8-13(12)25-11-5-20-21-6-11/h1-3,5-6,12-13H,4,7-8H2,(H,20,21)(H,22,23)/t12-,13+/m0/s1. The number of pyridine rings is 1. The van der Waals surface area contributed by atoms with Crippen LogP contribution in [-0.2, 0) is 22.1 Å². The maximum Gasteiger partial charge on any atom is 0.416 e. The van der Waals surface area contributed by atoms with Crippen LogP contribution in [-0.4, -0.2) is 46.4 Å². The number of carbonyl (C=O) groups is 1. The van der Waals surface area contributed by atoms with Gasteiger partial charge in [0.25, 0.3) is 0 Å². The smallest absolute Gasteiger partial charge is 0.416 e. The van der Waals surface area contributed by atoms with Gasteiger partial charge in [0, 0.05) is 6.20 Å². The van der Waals surface area contributed by atoms with Gasteiger partial charge in [0.05, 0.1) is 49.3 Å². The Kier molecular flexibility index (Phi) is 4.88. The molecule has 0 spiro atoms. The minimum Gasteiger partial charge on any atom is -0.482 e. The van der Waals surface area contributed by atoms with Gasteiger partial charge in [-0.2, -0.15) is 18.3 Å². The van der Waals surface area contributed by atoms with Crippen LogP contribution in [0.2, 0.25) is 0 Å². The van der Waals surface area contributed by atoms with Crippen LogP contribution in [0.4, 0.5) is 13.2 Å². The molecule has 0 unspecified atom stereocenters. The summed E-state index contributed by atoms with van der Waals surface area (Å²) in [5.74, 6) is 0.0532. The molecule has 10 heteroatoms. The number of rotatable bonds is 5. The lowest BCUT2D eigenvalue weighted by atomic mass is 10.1. The molecule has 1 saturated heterocycles. The number of nitrogens with zero attached hydrogens (tertiary/aromatic N) is 2. The molecule has 3 heterocycles. The zero-order valence-electron chi connectivity index (χ0n) is 12.9. The molecule has 25 heavy (non-hydrogen) atoms. The van der Waals surface area contributed by atoms with Crippen molar-refractivity contribution in [1.29, 1.82) is 0 Å². The van der Waals surface area contributed by atoms with Gasteiger partial charge in [0.1, 0.15) is 6.10 Å². The van der Waals surface area contributed by atoms with E-state index < -0.39 is 29.8 Å². The predicted octanol–water partition coefficient (Wildman–Crippen LogP) is 1.33. The van der Waals surface area contributed by atoms with Crippen molar-refractivity contribution in [2.45, 2.75) is 24.7 Å². The normalized spacial score (nSPS) is 20.4. The van der Waals surface area contributed by atoms with Crippen LogP contribution in [0.1, 0.15) is 11.3 Å². The van der Waals surface area contributed by atoms with E-state index in [1.54, 1.807) is 6.20 Å². The number of aromatic nitrogens is 3. The molecule has 1 aliphatic heterocycles. The van der Waals surface area contributed by atoms with Crippen molar-refractivity contribution in [2.24, 2.45) is 0 Å². The first-order chi connectivity index (χ1) is 11.9. The second-order valence-corrected chi connectivity index (χ2v) is 5.51. The number of halogens is 3. The van der Waals surface area contributed by atoms with Crippen LogP contribution in [0.15, 0.2) is 30.7 Å². The second-order valence-electron chi connectivity index (χ2n) is 5.51. The Hall–Kier alpha value is -2.62. The highest BCUT2D eigenvalue weighted by molar-refractivity contribution is 5.78. The summed E-state index contributed by atoms with van der Waals surface area (Å²) in [7, 11) is 0. The Morgan fingerprint density at radius 3 is 3.00 bits per heavy atom.